The van der Waals surface area contributed by atoms with Crippen LogP contribution in [0.25, 0.3) is 0 Å². The van der Waals surface area contributed by atoms with Crippen molar-refractivity contribution in [2.24, 2.45) is 5.92 Å². The second-order valence-corrected chi connectivity index (χ2v) is 3.99. The summed E-state index contributed by atoms with van der Waals surface area (Å²) in [6.45, 7) is 4.37. The van der Waals surface area contributed by atoms with E-state index in [2.05, 4.69) is 23.3 Å². The van der Waals surface area contributed by atoms with Crippen molar-refractivity contribution in [2.45, 2.75) is 32.7 Å². The van der Waals surface area contributed by atoms with E-state index in [1.807, 2.05) is 12.3 Å². The molecule has 1 unspecified atom stereocenters. The van der Waals surface area contributed by atoms with Crippen LogP contribution in [-0.2, 0) is 6.54 Å². The molecule has 0 aliphatic carbocycles. The molecular weight excluding hydrogens is 188 g/mol. The highest BCUT2D eigenvalue weighted by molar-refractivity contribution is 5.02. The van der Waals surface area contributed by atoms with Crippen LogP contribution in [0.3, 0.4) is 0 Å². The Balaban J connectivity index is 2.15. The molecule has 1 aromatic heterocycles. The van der Waals surface area contributed by atoms with Gasteiger partial charge in [-0.25, -0.2) is 0 Å². The first-order valence-corrected chi connectivity index (χ1v) is 5.80. The van der Waals surface area contributed by atoms with Crippen molar-refractivity contribution >= 4 is 0 Å². The molecule has 0 saturated carbocycles. The van der Waals surface area contributed by atoms with E-state index in [9.17, 15) is 0 Å². The monoisotopic (exact) mass is 210 g/mol. The number of rotatable bonds is 8. The van der Waals surface area contributed by atoms with Crippen molar-refractivity contribution in [3.8, 4) is 0 Å². The molecule has 15 heavy (non-hydrogen) atoms. The van der Waals surface area contributed by atoms with E-state index < -0.39 is 0 Å². The van der Waals surface area contributed by atoms with Crippen LogP contribution in [0.5, 0.6) is 0 Å². The smallest absolute Gasteiger partial charge is 0.0434 e. The number of H-pyrrole nitrogens is 1. The van der Waals surface area contributed by atoms with Gasteiger partial charge in [0.15, 0.2) is 0 Å². The van der Waals surface area contributed by atoms with Crippen molar-refractivity contribution in [3.05, 3.63) is 24.0 Å². The fourth-order valence-electron chi connectivity index (χ4n) is 1.83. The third-order valence-corrected chi connectivity index (χ3v) is 2.65. The molecule has 3 N–H and O–H groups in total. The van der Waals surface area contributed by atoms with Gasteiger partial charge in [0.25, 0.3) is 0 Å². The lowest BCUT2D eigenvalue weighted by molar-refractivity contribution is 0.248. The van der Waals surface area contributed by atoms with E-state index in [1.165, 1.54) is 18.5 Å². The topological polar surface area (TPSA) is 48.0 Å². The molecule has 1 heterocycles. The standard InChI is InChI=1S/C12H22N2O/c1-2-4-11(6-8-15)9-13-10-12-5-3-7-14-12/h3,5,7,11,13-15H,2,4,6,8-10H2,1H3. The molecule has 0 spiro atoms. The molecule has 1 atom stereocenters. The summed E-state index contributed by atoms with van der Waals surface area (Å²) < 4.78 is 0. The van der Waals surface area contributed by atoms with Crippen LogP contribution in [0.4, 0.5) is 0 Å². The third kappa shape index (κ3) is 5.00. The van der Waals surface area contributed by atoms with E-state index in [4.69, 9.17) is 5.11 Å². The summed E-state index contributed by atoms with van der Waals surface area (Å²) in [6, 6.07) is 4.09. The first-order chi connectivity index (χ1) is 7.36. The maximum absolute atomic E-state index is 8.91. The Hall–Kier alpha value is -0.800. The van der Waals surface area contributed by atoms with Crippen molar-refractivity contribution in [1.82, 2.24) is 10.3 Å². The maximum atomic E-state index is 8.91. The Morgan fingerprint density at radius 1 is 1.47 bits per heavy atom. The Morgan fingerprint density at radius 3 is 2.93 bits per heavy atom. The second kappa shape index (κ2) is 7.49. The number of aliphatic hydroxyl groups excluding tert-OH is 1. The minimum absolute atomic E-state index is 0.300. The van der Waals surface area contributed by atoms with Crippen LogP contribution >= 0.6 is 0 Å². The van der Waals surface area contributed by atoms with E-state index in [1.54, 1.807) is 0 Å². The van der Waals surface area contributed by atoms with Crippen molar-refractivity contribution in [1.29, 1.82) is 0 Å². The lowest BCUT2D eigenvalue weighted by Crippen LogP contribution is -2.23. The van der Waals surface area contributed by atoms with Crippen LogP contribution in [0.2, 0.25) is 0 Å². The highest BCUT2D eigenvalue weighted by atomic mass is 16.3. The number of nitrogens with one attached hydrogen (secondary N) is 2. The van der Waals surface area contributed by atoms with Crippen LogP contribution in [0, 0.1) is 5.92 Å². The first-order valence-electron chi connectivity index (χ1n) is 5.80. The molecule has 0 aromatic carbocycles. The van der Waals surface area contributed by atoms with Crippen LogP contribution in [0.1, 0.15) is 31.9 Å². The summed E-state index contributed by atoms with van der Waals surface area (Å²) in [5.41, 5.74) is 1.22. The van der Waals surface area contributed by atoms with Gasteiger partial charge in [0, 0.05) is 25.0 Å². The summed E-state index contributed by atoms with van der Waals surface area (Å²) in [5.74, 6) is 0.606. The van der Waals surface area contributed by atoms with Gasteiger partial charge in [-0.1, -0.05) is 13.3 Å². The lowest BCUT2D eigenvalue weighted by atomic mass is 10.0. The zero-order chi connectivity index (χ0) is 10.9. The molecular formula is C12H22N2O. The van der Waals surface area contributed by atoms with Gasteiger partial charge in [-0.15, -0.1) is 0 Å². The summed E-state index contributed by atoms with van der Waals surface area (Å²) in [6.07, 6.45) is 5.23. The molecule has 3 heteroatoms. The molecule has 1 rings (SSSR count). The van der Waals surface area contributed by atoms with E-state index in [-0.39, 0.29) is 0 Å². The summed E-state index contributed by atoms with van der Waals surface area (Å²) in [7, 11) is 0. The number of hydrogen-bond donors (Lipinski definition) is 3. The summed E-state index contributed by atoms with van der Waals surface area (Å²) in [4.78, 5) is 3.16. The fourth-order valence-corrected chi connectivity index (χ4v) is 1.83. The lowest BCUT2D eigenvalue weighted by Gasteiger charge is -2.15. The van der Waals surface area contributed by atoms with Crippen LogP contribution in [0.15, 0.2) is 18.3 Å². The molecule has 86 valence electrons. The molecule has 3 nitrogen and oxygen atoms in total. The molecule has 0 aliphatic rings. The predicted octanol–water partition coefficient (Wildman–Crippen LogP) is 1.90. The summed E-state index contributed by atoms with van der Waals surface area (Å²) in [5, 5.41) is 12.3. The van der Waals surface area contributed by atoms with Gasteiger partial charge < -0.3 is 15.4 Å². The van der Waals surface area contributed by atoms with Gasteiger partial charge in [-0.05, 0) is 37.4 Å². The Bertz CT molecular complexity index is 228. The zero-order valence-electron chi connectivity index (χ0n) is 9.50. The SMILES string of the molecule is CCCC(CCO)CNCc1ccc[nH]1. The number of aromatic nitrogens is 1. The van der Waals surface area contributed by atoms with Gasteiger partial charge >= 0.3 is 0 Å². The van der Waals surface area contributed by atoms with Crippen LogP contribution < -0.4 is 5.32 Å². The predicted molar refractivity (Wildman–Crippen MR) is 62.6 cm³/mol. The van der Waals surface area contributed by atoms with Gasteiger partial charge in [0.2, 0.25) is 0 Å². The minimum atomic E-state index is 0.300. The first kappa shape index (κ1) is 12.3. The van der Waals surface area contributed by atoms with Gasteiger partial charge in [0.1, 0.15) is 0 Å². The van der Waals surface area contributed by atoms with Crippen LogP contribution in [-0.4, -0.2) is 23.2 Å². The molecule has 0 bridgehead atoms. The Labute approximate surface area is 91.9 Å². The van der Waals surface area contributed by atoms with Gasteiger partial charge in [-0.3, -0.25) is 0 Å². The summed E-state index contributed by atoms with van der Waals surface area (Å²) >= 11 is 0. The maximum Gasteiger partial charge on any atom is 0.0434 e. The van der Waals surface area contributed by atoms with E-state index in [0.29, 0.717) is 12.5 Å². The average molecular weight is 210 g/mol. The van der Waals surface area contributed by atoms with Gasteiger partial charge in [-0.2, -0.15) is 0 Å². The third-order valence-electron chi connectivity index (χ3n) is 2.65. The molecule has 0 amide bonds. The number of aromatic amines is 1. The largest absolute Gasteiger partial charge is 0.396 e. The minimum Gasteiger partial charge on any atom is -0.396 e. The molecule has 0 radical (unpaired) electrons. The quantitative estimate of drug-likeness (QED) is 0.614. The highest BCUT2D eigenvalue weighted by Crippen LogP contribution is 2.09. The molecule has 0 saturated heterocycles. The highest BCUT2D eigenvalue weighted by Gasteiger charge is 2.06. The fraction of sp³-hybridized carbons (Fsp3) is 0.667. The Morgan fingerprint density at radius 2 is 2.33 bits per heavy atom. The van der Waals surface area contributed by atoms with Gasteiger partial charge in [0.05, 0.1) is 0 Å². The normalized spacial score (nSPS) is 12.9. The van der Waals surface area contributed by atoms with Crippen molar-refractivity contribution in [2.75, 3.05) is 13.2 Å². The van der Waals surface area contributed by atoms with E-state index >= 15 is 0 Å². The Kier molecular flexibility index (Phi) is 6.12. The number of hydrogen-bond acceptors (Lipinski definition) is 2. The van der Waals surface area contributed by atoms with E-state index in [0.717, 1.165) is 19.5 Å². The molecule has 0 fully saturated rings. The van der Waals surface area contributed by atoms with Crippen molar-refractivity contribution < 1.29 is 5.11 Å². The molecule has 0 aliphatic heterocycles. The number of aliphatic hydroxyl groups is 1. The van der Waals surface area contributed by atoms with Crippen molar-refractivity contribution in [3.63, 3.8) is 0 Å². The molecule has 1 aromatic rings. The zero-order valence-corrected chi connectivity index (χ0v) is 9.50. The average Bonchev–Trinajstić information content (AvgIpc) is 2.71. The second-order valence-electron chi connectivity index (χ2n) is 3.99.